The van der Waals surface area contributed by atoms with Crippen LogP contribution in [0, 0.1) is 0 Å². The second-order valence-corrected chi connectivity index (χ2v) is 5.91. The maximum Gasteiger partial charge on any atom is 0.273 e. The molecule has 1 saturated carbocycles. The van der Waals surface area contributed by atoms with Crippen molar-refractivity contribution in [2.75, 3.05) is 0 Å². The monoisotopic (exact) mass is 303 g/mol. The van der Waals surface area contributed by atoms with Crippen molar-refractivity contribution in [1.29, 1.82) is 0 Å². The third-order valence-corrected chi connectivity index (χ3v) is 4.20. The van der Waals surface area contributed by atoms with Gasteiger partial charge in [-0.05, 0) is 35.9 Å². The predicted molar refractivity (Wildman–Crippen MR) is 88.9 cm³/mol. The van der Waals surface area contributed by atoms with Crippen LogP contribution in [-0.2, 0) is 6.54 Å². The molecule has 23 heavy (non-hydrogen) atoms. The highest BCUT2D eigenvalue weighted by Gasteiger charge is 2.34. The van der Waals surface area contributed by atoms with Gasteiger partial charge < -0.3 is 4.90 Å². The lowest BCUT2D eigenvalue weighted by atomic mass is 10.1. The van der Waals surface area contributed by atoms with Gasteiger partial charge in [-0.2, -0.15) is 0 Å². The molecule has 1 aromatic carbocycles. The van der Waals surface area contributed by atoms with Crippen molar-refractivity contribution in [2.24, 2.45) is 0 Å². The van der Waals surface area contributed by atoms with Crippen LogP contribution in [0.5, 0.6) is 0 Å². The zero-order valence-electron chi connectivity index (χ0n) is 12.7. The summed E-state index contributed by atoms with van der Waals surface area (Å²) in [5, 5.41) is 1.96. The van der Waals surface area contributed by atoms with Gasteiger partial charge in [0.15, 0.2) is 0 Å². The highest BCUT2D eigenvalue weighted by molar-refractivity contribution is 6.05. The Bertz CT molecular complexity index is 838. The molecule has 0 unspecified atom stereocenters. The molecular weight excluding hydrogens is 286 g/mol. The molecule has 3 aromatic rings. The van der Waals surface area contributed by atoms with Gasteiger partial charge in [0.1, 0.15) is 5.69 Å². The van der Waals surface area contributed by atoms with Gasteiger partial charge in [-0.25, -0.2) is 0 Å². The summed E-state index contributed by atoms with van der Waals surface area (Å²) in [4.78, 5) is 23.5. The number of carbonyl (C=O) groups excluding carboxylic acids is 1. The fourth-order valence-corrected chi connectivity index (χ4v) is 2.87. The first-order valence-corrected chi connectivity index (χ1v) is 7.86. The van der Waals surface area contributed by atoms with Crippen LogP contribution in [0.15, 0.2) is 61.1 Å². The summed E-state index contributed by atoms with van der Waals surface area (Å²) in [6, 6.07) is 14.1. The minimum absolute atomic E-state index is 0.00755. The summed E-state index contributed by atoms with van der Waals surface area (Å²) >= 11 is 0. The van der Waals surface area contributed by atoms with Crippen LogP contribution in [0.1, 0.15) is 28.9 Å². The van der Waals surface area contributed by atoms with E-state index in [0.29, 0.717) is 18.3 Å². The van der Waals surface area contributed by atoms with Gasteiger partial charge >= 0.3 is 0 Å². The smallest absolute Gasteiger partial charge is 0.273 e. The Balaban J connectivity index is 1.70. The van der Waals surface area contributed by atoms with Crippen LogP contribution in [0.4, 0.5) is 0 Å². The van der Waals surface area contributed by atoms with Crippen molar-refractivity contribution in [3.05, 3.63) is 72.3 Å². The number of pyridine rings is 2. The fourth-order valence-electron chi connectivity index (χ4n) is 2.87. The van der Waals surface area contributed by atoms with Gasteiger partial charge in [0, 0.05) is 36.6 Å². The molecule has 1 fully saturated rings. The normalized spacial score (nSPS) is 13.9. The number of nitrogens with zero attached hydrogens (tertiary/aromatic N) is 3. The molecule has 0 saturated heterocycles. The molecule has 1 aliphatic carbocycles. The Labute approximate surface area is 134 Å². The summed E-state index contributed by atoms with van der Waals surface area (Å²) < 4.78 is 0. The number of amides is 1. The number of benzene rings is 1. The van der Waals surface area contributed by atoms with Crippen LogP contribution in [0.2, 0.25) is 0 Å². The van der Waals surface area contributed by atoms with Crippen LogP contribution < -0.4 is 0 Å². The number of hydrogen-bond acceptors (Lipinski definition) is 3. The van der Waals surface area contributed by atoms with Gasteiger partial charge in [0.25, 0.3) is 5.91 Å². The zero-order chi connectivity index (χ0) is 15.6. The molecule has 0 bridgehead atoms. The molecule has 1 amide bonds. The Morgan fingerprint density at radius 2 is 1.96 bits per heavy atom. The van der Waals surface area contributed by atoms with E-state index in [4.69, 9.17) is 0 Å². The average Bonchev–Trinajstić information content (AvgIpc) is 3.44. The predicted octanol–water partition coefficient (Wildman–Crippen LogP) is 3.43. The number of fused-ring (bicyclic) bond motifs is 1. The second kappa shape index (κ2) is 5.80. The standard InChI is InChI=1S/C19H17N3O/c23-19(18-17-6-2-1-5-15(17)9-11-21-18)22(16-7-8-16)13-14-4-3-10-20-12-14/h1-6,9-12,16H,7-8,13H2. The Morgan fingerprint density at radius 1 is 1.09 bits per heavy atom. The molecule has 4 rings (SSSR count). The Hall–Kier alpha value is -2.75. The third-order valence-electron chi connectivity index (χ3n) is 4.20. The fraction of sp³-hybridized carbons (Fsp3) is 0.211. The van der Waals surface area contributed by atoms with Crippen molar-refractivity contribution in [1.82, 2.24) is 14.9 Å². The molecule has 4 nitrogen and oxygen atoms in total. The highest BCUT2D eigenvalue weighted by Crippen LogP contribution is 2.30. The highest BCUT2D eigenvalue weighted by atomic mass is 16.2. The number of carbonyl (C=O) groups is 1. The van der Waals surface area contributed by atoms with Gasteiger partial charge in [0.2, 0.25) is 0 Å². The summed E-state index contributed by atoms with van der Waals surface area (Å²) in [5.74, 6) is 0.00755. The van der Waals surface area contributed by atoms with Crippen molar-refractivity contribution in [3.8, 4) is 0 Å². The summed E-state index contributed by atoms with van der Waals surface area (Å²) in [6.45, 7) is 0.586. The minimum Gasteiger partial charge on any atom is -0.330 e. The minimum atomic E-state index is 0.00755. The van der Waals surface area contributed by atoms with E-state index in [1.165, 1.54) is 0 Å². The van der Waals surface area contributed by atoms with E-state index in [0.717, 1.165) is 29.2 Å². The van der Waals surface area contributed by atoms with Crippen LogP contribution in [0.3, 0.4) is 0 Å². The molecule has 0 N–H and O–H groups in total. The van der Waals surface area contributed by atoms with Crippen LogP contribution >= 0.6 is 0 Å². The molecule has 2 heterocycles. The van der Waals surface area contributed by atoms with Crippen LogP contribution in [-0.4, -0.2) is 26.8 Å². The lowest BCUT2D eigenvalue weighted by molar-refractivity contribution is 0.0726. The summed E-state index contributed by atoms with van der Waals surface area (Å²) in [5.41, 5.74) is 1.59. The van der Waals surface area contributed by atoms with E-state index in [1.807, 2.05) is 53.6 Å². The molecule has 0 spiro atoms. The quantitative estimate of drug-likeness (QED) is 0.742. The number of hydrogen-bond donors (Lipinski definition) is 0. The third kappa shape index (κ3) is 2.80. The van der Waals surface area contributed by atoms with Gasteiger partial charge in [-0.15, -0.1) is 0 Å². The largest absolute Gasteiger partial charge is 0.330 e. The molecule has 0 radical (unpaired) electrons. The zero-order valence-corrected chi connectivity index (χ0v) is 12.7. The average molecular weight is 303 g/mol. The first-order valence-electron chi connectivity index (χ1n) is 7.86. The van der Waals surface area contributed by atoms with Gasteiger partial charge in [0.05, 0.1) is 0 Å². The first kappa shape index (κ1) is 13.9. The topological polar surface area (TPSA) is 46.1 Å². The molecule has 2 aromatic heterocycles. The second-order valence-electron chi connectivity index (χ2n) is 5.91. The maximum absolute atomic E-state index is 13.1. The molecule has 4 heteroatoms. The molecule has 0 aliphatic heterocycles. The van der Waals surface area contributed by atoms with E-state index in [2.05, 4.69) is 9.97 Å². The lowest BCUT2D eigenvalue weighted by Crippen LogP contribution is -2.33. The van der Waals surface area contributed by atoms with Gasteiger partial charge in [-0.3, -0.25) is 14.8 Å². The van der Waals surface area contributed by atoms with Crippen molar-refractivity contribution >= 4 is 16.7 Å². The van der Waals surface area contributed by atoms with E-state index in [1.54, 1.807) is 12.4 Å². The van der Waals surface area contributed by atoms with Crippen molar-refractivity contribution in [2.45, 2.75) is 25.4 Å². The number of rotatable bonds is 4. The number of aromatic nitrogens is 2. The van der Waals surface area contributed by atoms with E-state index in [9.17, 15) is 4.79 Å². The van der Waals surface area contributed by atoms with E-state index >= 15 is 0 Å². The molecular formula is C19H17N3O. The molecule has 0 atom stereocenters. The molecule has 1 aliphatic rings. The molecule has 114 valence electrons. The van der Waals surface area contributed by atoms with Crippen molar-refractivity contribution < 1.29 is 4.79 Å². The Morgan fingerprint density at radius 3 is 2.74 bits per heavy atom. The first-order chi connectivity index (χ1) is 11.3. The summed E-state index contributed by atoms with van der Waals surface area (Å²) in [7, 11) is 0. The Kier molecular flexibility index (Phi) is 3.50. The van der Waals surface area contributed by atoms with Gasteiger partial charge in [-0.1, -0.05) is 30.3 Å². The van der Waals surface area contributed by atoms with E-state index < -0.39 is 0 Å². The summed E-state index contributed by atoms with van der Waals surface area (Å²) in [6.07, 6.45) is 7.41. The lowest BCUT2D eigenvalue weighted by Gasteiger charge is -2.22. The van der Waals surface area contributed by atoms with E-state index in [-0.39, 0.29) is 5.91 Å². The maximum atomic E-state index is 13.1. The SMILES string of the molecule is O=C(c1nccc2ccccc12)N(Cc1cccnc1)C1CC1. The van der Waals surface area contributed by atoms with Crippen LogP contribution in [0.25, 0.3) is 10.8 Å². The van der Waals surface area contributed by atoms with Crippen molar-refractivity contribution in [3.63, 3.8) is 0 Å².